The number of pyridine rings is 1. The molecule has 0 fully saturated rings. The average Bonchev–Trinajstić information content (AvgIpc) is 3.22. The van der Waals surface area contributed by atoms with E-state index in [9.17, 15) is 0 Å². The van der Waals surface area contributed by atoms with Crippen LogP contribution in [0.3, 0.4) is 0 Å². The summed E-state index contributed by atoms with van der Waals surface area (Å²) in [6.45, 7) is 0. The summed E-state index contributed by atoms with van der Waals surface area (Å²) in [4.78, 5) is 2.11. The van der Waals surface area contributed by atoms with E-state index < -0.39 is 0 Å². The number of nitrogens with zero attached hydrogens (tertiary/aromatic N) is 4. The van der Waals surface area contributed by atoms with Crippen LogP contribution in [-0.2, 0) is 7.05 Å². The highest BCUT2D eigenvalue weighted by atomic mass is 15.1. The molecule has 0 saturated carbocycles. The van der Waals surface area contributed by atoms with Crippen LogP contribution >= 0.6 is 0 Å². The van der Waals surface area contributed by atoms with Gasteiger partial charge in [0.15, 0.2) is 5.52 Å². The number of aromatic nitrogens is 3. The maximum absolute atomic E-state index is 2.29. The highest BCUT2D eigenvalue weighted by Gasteiger charge is 2.17. The SMILES string of the molecule is CN(C)c1ccc(-n2cc3c4c(cc[n+]3c2)c2ccccc2n4C)cc1. The molecule has 0 aliphatic heterocycles. The van der Waals surface area contributed by atoms with Gasteiger partial charge in [-0.05, 0) is 36.4 Å². The number of para-hydroxylation sites is 1. The zero-order valence-electron chi connectivity index (χ0n) is 15.2. The van der Waals surface area contributed by atoms with Gasteiger partial charge in [-0.2, -0.15) is 0 Å². The van der Waals surface area contributed by atoms with Gasteiger partial charge in [0.2, 0.25) is 0 Å². The topological polar surface area (TPSA) is 17.2 Å². The first-order chi connectivity index (χ1) is 12.6. The van der Waals surface area contributed by atoms with Gasteiger partial charge in [0.05, 0.1) is 6.20 Å². The predicted molar refractivity (Wildman–Crippen MR) is 107 cm³/mol. The fourth-order valence-corrected chi connectivity index (χ4v) is 3.85. The molecule has 0 atom stereocenters. The Hall–Kier alpha value is -3.27. The molecule has 0 aliphatic carbocycles. The Morgan fingerprint density at radius 3 is 2.42 bits per heavy atom. The lowest BCUT2D eigenvalue weighted by Gasteiger charge is -2.11. The molecule has 0 unspecified atom stereocenters. The Balaban J connectivity index is 1.75. The summed E-state index contributed by atoms with van der Waals surface area (Å²) < 4.78 is 6.67. The van der Waals surface area contributed by atoms with Gasteiger partial charge in [0.25, 0.3) is 6.33 Å². The van der Waals surface area contributed by atoms with Gasteiger partial charge in [-0.1, -0.05) is 18.2 Å². The van der Waals surface area contributed by atoms with Crippen molar-refractivity contribution in [1.82, 2.24) is 9.13 Å². The van der Waals surface area contributed by atoms with Crippen molar-refractivity contribution in [3.63, 3.8) is 0 Å². The Labute approximate surface area is 152 Å². The van der Waals surface area contributed by atoms with Gasteiger partial charge in [0.1, 0.15) is 17.4 Å². The lowest BCUT2D eigenvalue weighted by molar-refractivity contribution is -0.510. The first-order valence-electron chi connectivity index (χ1n) is 8.80. The minimum absolute atomic E-state index is 1.16. The Morgan fingerprint density at radius 2 is 1.65 bits per heavy atom. The molecule has 4 heteroatoms. The van der Waals surface area contributed by atoms with Crippen LogP contribution in [0.25, 0.3) is 33.0 Å². The summed E-state index contributed by atoms with van der Waals surface area (Å²) in [7, 11) is 6.27. The van der Waals surface area contributed by atoms with Crippen LogP contribution in [0.2, 0.25) is 0 Å². The maximum atomic E-state index is 2.29. The number of rotatable bonds is 2. The summed E-state index contributed by atoms with van der Waals surface area (Å²) in [5, 5.41) is 2.60. The van der Waals surface area contributed by atoms with Crippen LogP contribution in [0.5, 0.6) is 0 Å². The first kappa shape index (κ1) is 15.0. The maximum Gasteiger partial charge on any atom is 0.254 e. The normalized spacial score (nSPS) is 11.7. The third-order valence-electron chi connectivity index (χ3n) is 5.24. The summed E-state index contributed by atoms with van der Waals surface area (Å²) >= 11 is 0. The second-order valence-electron chi connectivity index (χ2n) is 7.01. The molecule has 5 aromatic rings. The van der Waals surface area contributed by atoms with Crippen LogP contribution in [-0.4, -0.2) is 23.2 Å². The Bertz CT molecular complexity index is 1260. The Kier molecular flexibility index (Phi) is 3.10. The summed E-state index contributed by atoms with van der Waals surface area (Å²) in [5.74, 6) is 0. The first-order valence-corrected chi connectivity index (χ1v) is 8.80. The predicted octanol–water partition coefficient (Wildman–Crippen LogP) is 3.93. The van der Waals surface area contributed by atoms with Crippen LogP contribution in [0.4, 0.5) is 5.69 Å². The van der Waals surface area contributed by atoms with E-state index in [0.717, 1.165) is 5.69 Å². The van der Waals surface area contributed by atoms with Crippen LogP contribution in [0.1, 0.15) is 0 Å². The molecule has 128 valence electrons. The van der Waals surface area contributed by atoms with E-state index in [-0.39, 0.29) is 0 Å². The van der Waals surface area contributed by atoms with Gasteiger partial charge < -0.3 is 9.47 Å². The highest BCUT2D eigenvalue weighted by molar-refractivity contribution is 6.11. The number of hydrogen-bond acceptors (Lipinski definition) is 1. The van der Waals surface area contributed by atoms with E-state index in [2.05, 4.69) is 113 Å². The van der Waals surface area contributed by atoms with Crippen LogP contribution < -0.4 is 9.30 Å². The molecule has 0 saturated heterocycles. The number of aryl methyl sites for hydroxylation is 1. The van der Waals surface area contributed by atoms with Gasteiger partial charge >= 0.3 is 0 Å². The number of anilines is 1. The van der Waals surface area contributed by atoms with Crippen molar-refractivity contribution in [2.75, 3.05) is 19.0 Å². The summed E-state index contributed by atoms with van der Waals surface area (Å²) in [6.07, 6.45) is 6.50. The van der Waals surface area contributed by atoms with Crippen molar-refractivity contribution in [2.45, 2.75) is 0 Å². The fourth-order valence-electron chi connectivity index (χ4n) is 3.85. The molecular weight excluding hydrogens is 320 g/mol. The van der Waals surface area contributed by atoms with Crippen molar-refractivity contribution in [3.05, 3.63) is 73.3 Å². The number of imidazole rings is 1. The average molecular weight is 341 g/mol. The minimum atomic E-state index is 1.16. The number of benzene rings is 2. The lowest BCUT2D eigenvalue weighted by atomic mass is 10.2. The molecule has 0 spiro atoms. The molecule has 0 N–H and O–H groups in total. The molecule has 5 rings (SSSR count). The van der Waals surface area contributed by atoms with E-state index in [1.807, 2.05) is 0 Å². The van der Waals surface area contributed by atoms with Crippen molar-refractivity contribution < 1.29 is 4.40 Å². The molecule has 0 amide bonds. The summed E-state index contributed by atoms with van der Waals surface area (Å²) in [6, 6.07) is 19.4. The fraction of sp³-hybridized carbons (Fsp3) is 0.136. The lowest BCUT2D eigenvalue weighted by Crippen LogP contribution is -2.18. The smallest absolute Gasteiger partial charge is 0.254 e. The second kappa shape index (κ2) is 5.36. The summed E-state index contributed by atoms with van der Waals surface area (Å²) in [5.41, 5.74) is 6.09. The van der Waals surface area contributed by atoms with Crippen molar-refractivity contribution in [2.24, 2.45) is 7.05 Å². The highest BCUT2D eigenvalue weighted by Crippen LogP contribution is 2.29. The monoisotopic (exact) mass is 341 g/mol. The molecule has 0 radical (unpaired) electrons. The molecule has 3 heterocycles. The van der Waals surface area contributed by atoms with Crippen molar-refractivity contribution >= 4 is 33.0 Å². The third kappa shape index (κ3) is 2.05. The number of fused-ring (bicyclic) bond motifs is 5. The molecule has 0 aliphatic rings. The minimum Gasteiger partial charge on any atom is -0.378 e. The quantitative estimate of drug-likeness (QED) is 0.445. The van der Waals surface area contributed by atoms with E-state index >= 15 is 0 Å². The molecule has 2 aromatic carbocycles. The molecular formula is C22H21N4+. The third-order valence-corrected chi connectivity index (χ3v) is 5.24. The van der Waals surface area contributed by atoms with Gasteiger partial charge in [0, 0.05) is 43.1 Å². The van der Waals surface area contributed by atoms with E-state index in [1.54, 1.807) is 0 Å². The van der Waals surface area contributed by atoms with Crippen molar-refractivity contribution in [3.8, 4) is 5.69 Å². The van der Waals surface area contributed by atoms with Gasteiger partial charge in [-0.3, -0.25) is 0 Å². The van der Waals surface area contributed by atoms with Crippen LogP contribution in [0, 0.1) is 0 Å². The molecule has 3 aromatic heterocycles. The zero-order valence-corrected chi connectivity index (χ0v) is 15.2. The van der Waals surface area contributed by atoms with Crippen molar-refractivity contribution in [1.29, 1.82) is 0 Å². The molecule has 26 heavy (non-hydrogen) atoms. The number of hydrogen-bond donors (Lipinski definition) is 0. The van der Waals surface area contributed by atoms with Gasteiger partial charge in [-0.15, -0.1) is 0 Å². The van der Waals surface area contributed by atoms with Crippen LogP contribution in [0.15, 0.2) is 73.3 Å². The molecule has 0 bridgehead atoms. The zero-order chi connectivity index (χ0) is 17.8. The Morgan fingerprint density at radius 1 is 0.885 bits per heavy atom. The van der Waals surface area contributed by atoms with Gasteiger partial charge in [-0.25, -0.2) is 8.97 Å². The molecule has 4 nitrogen and oxygen atoms in total. The standard InChI is InChI=1S/C22H21N4/c1-23(2)16-8-10-17(11-9-16)26-14-21-22-19(12-13-25(21)15-26)18-6-4-5-7-20(18)24(22)3/h4-15H,1-3H3/q+1. The largest absolute Gasteiger partial charge is 0.378 e. The second-order valence-corrected chi connectivity index (χ2v) is 7.01. The van der Waals surface area contributed by atoms with E-state index in [1.165, 1.54) is 33.0 Å². The van der Waals surface area contributed by atoms with E-state index in [0.29, 0.717) is 0 Å². The van der Waals surface area contributed by atoms with E-state index in [4.69, 9.17) is 0 Å².